The summed E-state index contributed by atoms with van der Waals surface area (Å²) < 4.78 is 33.7. The van der Waals surface area contributed by atoms with Crippen LogP contribution in [0.1, 0.15) is 65.2 Å². The number of carbonyl (C=O) groups excluding carboxylic acids is 1. The maximum atomic E-state index is 12.9. The zero-order valence-electron chi connectivity index (χ0n) is 34.9. The Morgan fingerprint density at radius 3 is 1.59 bits per heavy atom. The smallest absolute Gasteiger partial charge is 0.220 e. The van der Waals surface area contributed by atoms with E-state index in [1.54, 1.807) is 6.08 Å². The van der Waals surface area contributed by atoms with Crippen LogP contribution in [0.5, 0.6) is 0 Å². The van der Waals surface area contributed by atoms with Gasteiger partial charge in [0.2, 0.25) is 5.91 Å². The number of aliphatic hydroxyl groups is 11. The molecule has 3 fully saturated rings. The lowest BCUT2D eigenvalue weighted by Gasteiger charge is -2.48. The van der Waals surface area contributed by atoms with Crippen molar-refractivity contribution in [1.29, 1.82) is 0 Å². The Kier molecular flexibility index (Phi) is 24.5. The summed E-state index contributed by atoms with van der Waals surface area (Å²) in [5.41, 5.74) is 0. The van der Waals surface area contributed by atoms with Gasteiger partial charge < -0.3 is 89.9 Å². The van der Waals surface area contributed by atoms with Crippen molar-refractivity contribution < 1.29 is 89.4 Å². The van der Waals surface area contributed by atoms with Crippen molar-refractivity contribution >= 4 is 5.91 Å². The monoisotopic (exact) mass is 875 g/mol. The van der Waals surface area contributed by atoms with E-state index < -0.39 is 131 Å². The number of carbonyl (C=O) groups is 1. The van der Waals surface area contributed by atoms with Gasteiger partial charge in [0.05, 0.1) is 38.6 Å². The van der Waals surface area contributed by atoms with Crippen molar-refractivity contribution in [3.05, 3.63) is 60.8 Å². The molecule has 0 bridgehead atoms. The van der Waals surface area contributed by atoms with E-state index in [0.717, 1.165) is 25.7 Å². The van der Waals surface area contributed by atoms with Crippen molar-refractivity contribution in [3.63, 3.8) is 0 Å². The van der Waals surface area contributed by atoms with Crippen molar-refractivity contribution in [1.82, 2.24) is 5.32 Å². The third kappa shape index (κ3) is 16.2. The quantitative estimate of drug-likeness (QED) is 0.0452. The van der Waals surface area contributed by atoms with Crippen LogP contribution in [0.25, 0.3) is 0 Å². The second-order valence-electron chi connectivity index (χ2n) is 15.1. The van der Waals surface area contributed by atoms with Gasteiger partial charge in [-0.3, -0.25) is 4.79 Å². The van der Waals surface area contributed by atoms with Gasteiger partial charge in [-0.2, -0.15) is 0 Å². The van der Waals surface area contributed by atoms with Crippen LogP contribution < -0.4 is 5.32 Å². The lowest BCUT2D eigenvalue weighted by Crippen LogP contribution is -2.66. The largest absolute Gasteiger partial charge is 0.394 e. The van der Waals surface area contributed by atoms with Crippen molar-refractivity contribution in [2.24, 2.45) is 0 Å². The summed E-state index contributed by atoms with van der Waals surface area (Å²) in [7, 11) is 0. The van der Waals surface area contributed by atoms with Gasteiger partial charge >= 0.3 is 0 Å². The first-order valence-corrected chi connectivity index (χ1v) is 21.0. The number of rotatable bonds is 25. The van der Waals surface area contributed by atoms with Crippen LogP contribution in [0, 0.1) is 0 Å². The molecule has 17 unspecified atom stereocenters. The van der Waals surface area contributed by atoms with Gasteiger partial charge in [-0.1, -0.05) is 81.0 Å². The first-order chi connectivity index (χ1) is 29.3. The summed E-state index contributed by atoms with van der Waals surface area (Å²) in [4.78, 5) is 12.9. The lowest BCUT2D eigenvalue weighted by molar-refractivity contribution is -0.379. The van der Waals surface area contributed by atoms with Gasteiger partial charge in [-0.25, -0.2) is 0 Å². The molecule has 3 aliphatic heterocycles. The number of allylic oxidation sites excluding steroid dienone is 9. The molecule has 0 radical (unpaired) electrons. The number of hydrogen-bond donors (Lipinski definition) is 12. The number of unbranched alkanes of at least 4 members (excludes halogenated alkanes) is 1. The molecule has 17 atom stereocenters. The van der Waals surface area contributed by atoms with E-state index in [0.29, 0.717) is 19.3 Å². The maximum Gasteiger partial charge on any atom is 0.220 e. The van der Waals surface area contributed by atoms with E-state index in [2.05, 4.69) is 42.6 Å². The molecule has 3 heterocycles. The van der Waals surface area contributed by atoms with Gasteiger partial charge in [-0.05, 0) is 38.5 Å². The zero-order chi connectivity index (χ0) is 44.9. The lowest BCUT2D eigenvalue weighted by atomic mass is 9.96. The van der Waals surface area contributed by atoms with Crippen LogP contribution in [0.15, 0.2) is 60.8 Å². The number of aliphatic hydroxyl groups excluding tert-OH is 11. The van der Waals surface area contributed by atoms with Crippen molar-refractivity contribution in [2.75, 3.05) is 26.4 Å². The number of ether oxygens (including phenoxy) is 6. The number of nitrogens with one attached hydrogen (secondary N) is 1. The topological polar surface area (TPSA) is 307 Å². The Balaban J connectivity index is 1.58. The molecule has 3 saturated heterocycles. The highest BCUT2D eigenvalue weighted by Gasteiger charge is 2.53. The Hall–Kier alpha value is -2.51. The summed E-state index contributed by atoms with van der Waals surface area (Å²) in [6.45, 7) is 1.22. The van der Waals surface area contributed by atoms with Crippen LogP contribution in [-0.2, 0) is 33.2 Å². The van der Waals surface area contributed by atoms with Crippen molar-refractivity contribution in [2.45, 2.75) is 169 Å². The number of amides is 1. The predicted octanol–water partition coefficient (Wildman–Crippen LogP) is -1.76. The molecule has 19 nitrogen and oxygen atoms in total. The molecule has 350 valence electrons. The van der Waals surface area contributed by atoms with E-state index >= 15 is 0 Å². The molecule has 3 aliphatic rings. The summed E-state index contributed by atoms with van der Waals surface area (Å²) in [6, 6.07) is -1.01. The third-order valence-corrected chi connectivity index (χ3v) is 10.3. The second-order valence-corrected chi connectivity index (χ2v) is 15.1. The Morgan fingerprint density at radius 1 is 0.590 bits per heavy atom. The van der Waals surface area contributed by atoms with Crippen LogP contribution in [0.3, 0.4) is 0 Å². The fourth-order valence-corrected chi connectivity index (χ4v) is 6.73. The summed E-state index contributed by atoms with van der Waals surface area (Å²) in [5.74, 6) is -0.374. The summed E-state index contributed by atoms with van der Waals surface area (Å²) >= 11 is 0. The predicted molar refractivity (Wildman–Crippen MR) is 217 cm³/mol. The fraction of sp³-hybridized carbons (Fsp3) is 0.738. The van der Waals surface area contributed by atoms with Gasteiger partial charge in [0.15, 0.2) is 18.9 Å². The van der Waals surface area contributed by atoms with E-state index in [1.807, 2.05) is 25.2 Å². The maximum absolute atomic E-state index is 12.9. The molecule has 0 aliphatic carbocycles. The van der Waals surface area contributed by atoms with Crippen LogP contribution >= 0.6 is 0 Å². The van der Waals surface area contributed by atoms with Crippen LogP contribution in [0.2, 0.25) is 0 Å². The van der Waals surface area contributed by atoms with Crippen molar-refractivity contribution in [3.8, 4) is 0 Å². The summed E-state index contributed by atoms with van der Waals surface area (Å²) in [5, 5.41) is 118. The molecule has 3 rings (SSSR count). The van der Waals surface area contributed by atoms with E-state index in [4.69, 9.17) is 28.4 Å². The van der Waals surface area contributed by atoms with Gasteiger partial charge in [0.1, 0.15) is 73.2 Å². The second kappa shape index (κ2) is 28.3. The van der Waals surface area contributed by atoms with E-state index in [-0.39, 0.29) is 12.3 Å². The molecule has 12 N–H and O–H groups in total. The molecule has 0 spiro atoms. The molecule has 19 heteroatoms. The molecule has 0 saturated carbocycles. The molecule has 61 heavy (non-hydrogen) atoms. The molecule has 0 aromatic rings. The molecular formula is C42H69NO18. The van der Waals surface area contributed by atoms with Gasteiger partial charge in [0, 0.05) is 6.42 Å². The average Bonchev–Trinajstić information content (AvgIpc) is 3.25. The first-order valence-electron chi connectivity index (χ1n) is 21.0. The molecule has 0 aromatic carbocycles. The molecule has 1 amide bonds. The minimum absolute atomic E-state index is 0.116. The Morgan fingerprint density at radius 2 is 1.07 bits per heavy atom. The highest BCUT2D eigenvalue weighted by molar-refractivity contribution is 5.76. The third-order valence-electron chi connectivity index (χ3n) is 10.3. The SMILES string of the molecule is CC/C=C\C/C=C\C/C=C\C/C=C\CCC(=O)NC(COC1OC(CO)C(OC2OC(CO)C(OC3OC(CO)C(O)C(O)C3O)C(O)C2O)C(O)C1O)C(O)/C=C/CCC. The fourth-order valence-electron chi connectivity index (χ4n) is 6.73. The standard InChI is InChI=1S/C42H69NO18/c1-3-5-7-8-9-10-11-12-13-14-15-16-18-20-30(48)43-25(26(47)19-17-6-4-2)24-56-40-36(54)33(51)38(28(22-45)58-40)61-42-37(55)34(52)39(29(23-46)59-42)60-41-35(53)32(50)31(49)27(21-44)57-41/h5,7,9-10,12-13,15-17,19,25-29,31-42,44-47,49-55H,3-4,6,8,11,14,18,20-24H2,1-2H3,(H,43,48)/b7-5-,10-9-,13-12-,16-15-,19-17+. The van der Waals surface area contributed by atoms with E-state index in [9.17, 15) is 61.0 Å². The van der Waals surface area contributed by atoms with Gasteiger partial charge in [-0.15, -0.1) is 0 Å². The minimum atomic E-state index is -1.98. The normalized spacial score (nSPS) is 36.2. The summed E-state index contributed by atoms with van der Waals surface area (Å²) in [6.07, 6.45) is -1.76. The van der Waals surface area contributed by atoms with Crippen LogP contribution in [0.4, 0.5) is 0 Å². The Labute approximate surface area is 356 Å². The highest BCUT2D eigenvalue weighted by atomic mass is 16.8. The highest BCUT2D eigenvalue weighted by Crippen LogP contribution is 2.32. The average molecular weight is 876 g/mol. The Bertz CT molecular complexity index is 1380. The molecule has 0 aromatic heterocycles. The van der Waals surface area contributed by atoms with Gasteiger partial charge in [0.25, 0.3) is 0 Å². The van der Waals surface area contributed by atoms with E-state index in [1.165, 1.54) is 6.08 Å². The molecular weight excluding hydrogens is 806 g/mol. The minimum Gasteiger partial charge on any atom is -0.394 e. The van der Waals surface area contributed by atoms with Crippen LogP contribution in [-0.4, -0.2) is 193 Å². The number of hydrogen-bond acceptors (Lipinski definition) is 18. The first kappa shape index (κ1) is 52.8. The zero-order valence-corrected chi connectivity index (χ0v) is 34.9.